The maximum atomic E-state index is 14.4. The number of amides is 2. The van der Waals surface area contributed by atoms with Crippen molar-refractivity contribution < 1.29 is 18.4 Å². The molecule has 0 bridgehead atoms. The molecule has 2 heterocycles. The number of carbonyl (C=O) groups is 2. The summed E-state index contributed by atoms with van der Waals surface area (Å²) in [4.78, 5) is 32.5. The maximum Gasteiger partial charge on any atom is 0.256 e. The minimum atomic E-state index is -0.886. The molecule has 0 spiro atoms. The molecule has 1 N–H and O–H groups in total. The first-order chi connectivity index (χ1) is 19.5. The summed E-state index contributed by atoms with van der Waals surface area (Å²) in [6, 6.07) is 8.70. The molecule has 0 saturated carbocycles. The van der Waals surface area contributed by atoms with Crippen LogP contribution < -0.4 is 5.32 Å². The zero-order valence-electron chi connectivity index (χ0n) is 24.1. The SMILES string of the molecule is CN(C)C(=O)C1(N2CCCCC2CCC(CN(C)C(=O)c2ccc(F)cc2F)c2ccc(Cl)c(Cl)c2)CCNCC1. The van der Waals surface area contributed by atoms with Gasteiger partial charge >= 0.3 is 0 Å². The summed E-state index contributed by atoms with van der Waals surface area (Å²) in [5, 5.41) is 4.29. The lowest BCUT2D eigenvalue weighted by atomic mass is 9.80. The van der Waals surface area contributed by atoms with Gasteiger partial charge in [-0.3, -0.25) is 14.5 Å². The van der Waals surface area contributed by atoms with E-state index in [0.717, 1.165) is 82.3 Å². The van der Waals surface area contributed by atoms with E-state index in [9.17, 15) is 18.4 Å². The van der Waals surface area contributed by atoms with Crippen LogP contribution in [0.5, 0.6) is 0 Å². The highest BCUT2D eigenvalue weighted by molar-refractivity contribution is 6.42. The Morgan fingerprint density at radius 1 is 1.05 bits per heavy atom. The molecule has 41 heavy (non-hydrogen) atoms. The van der Waals surface area contributed by atoms with Crippen molar-refractivity contribution in [2.45, 2.75) is 62.4 Å². The summed E-state index contributed by atoms with van der Waals surface area (Å²) in [7, 11) is 5.30. The summed E-state index contributed by atoms with van der Waals surface area (Å²) in [6.45, 7) is 2.80. The van der Waals surface area contributed by atoms with Crippen LogP contribution in [0, 0.1) is 11.6 Å². The van der Waals surface area contributed by atoms with Crippen molar-refractivity contribution in [1.29, 1.82) is 0 Å². The van der Waals surface area contributed by atoms with Crippen LogP contribution in [0.15, 0.2) is 36.4 Å². The van der Waals surface area contributed by atoms with Crippen LogP contribution in [0.3, 0.4) is 0 Å². The van der Waals surface area contributed by atoms with E-state index in [-0.39, 0.29) is 23.4 Å². The van der Waals surface area contributed by atoms with Gasteiger partial charge in [-0.1, -0.05) is 35.7 Å². The first kappa shape index (κ1) is 31.7. The van der Waals surface area contributed by atoms with E-state index in [1.54, 1.807) is 18.0 Å². The number of likely N-dealkylation sites (N-methyl/N-ethyl adjacent to an activating group) is 2. The van der Waals surface area contributed by atoms with E-state index in [0.29, 0.717) is 16.6 Å². The first-order valence-corrected chi connectivity index (χ1v) is 15.1. The third-order valence-electron chi connectivity index (χ3n) is 8.68. The van der Waals surface area contributed by atoms with Crippen molar-refractivity contribution in [2.75, 3.05) is 47.3 Å². The molecule has 0 radical (unpaired) electrons. The molecule has 2 amide bonds. The molecule has 2 saturated heterocycles. The monoisotopic (exact) mass is 608 g/mol. The Bertz CT molecular complexity index is 1240. The smallest absolute Gasteiger partial charge is 0.256 e. The van der Waals surface area contributed by atoms with E-state index in [2.05, 4.69) is 10.2 Å². The molecule has 224 valence electrons. The van der Waals surface area contributed by atoms with Crippen molar-refractivity contribution in [3.63, 3.8) is 0 Å². The highest BCUT2D eigenvalue weighted by Gasteiger charge is 2.48. The van der Waals surface area contributed by atoms with E-state index in [4.69, 9.17) is 23.2 Å². The molecule has 2 aromatic carbocycles. The Hall–Kier alpha value is -2.26. The summed E-state index contributed by atoms with van der Waals surface area (Å²) in [5.41, 5.74) is 0.239. The van der Waals surface area contributed by atoms with Crippen LogP contribution in [-0.4, -0.2) is 85.4 Å². The minimum absolute atomic E-state index is 0.112. The van der Waals surface area contributed by atoms with E-state index >= 15 is 0 Å². The van der Waals surface area contributed by atoms with Gasteiger partial charge in [-0.25, -0.2) is 8.78 Å². The number of likely N-dealkylation sites (tertiary alicyclic amines) is 1. The second-order valence-corrected chi connectivity index (χ2v) is 12.4. The first-order valence-electron chi connectivity index (χ1n) is 14.4. The third kappa shape index (κ3) is 7.22. The fourth-order valence-electron chi connectivity index (χ4n) is 6.55. The normalized spacial score (nSPS) is 19.9. The largest absolute Gasteiger partial charge is 0.347 e. The van der Waals surface area contributed by atoms with Gasteiger partial charge in [-0.15, -0.1) is 0 Å². The van der Waals surface area contributed by atoms with E-state index in [1.807, 2.05) is 26.2 Å². The molecule has 6 nitrogen and oxygen atoms in total. The molecule has 0 aliphatic carbocycles. The number of benzene rings is 2. The topological polar surface area (TPSA) is 55.9 Å². The van der Waals surface area contributed by atoms with Crippen LogP contribution >= 0.6 is 23.2 Å². The third-order valence-corrected chi connectivity index (χ3v) is 9.42. The molecule has 2 fully saturated rings. The van der Waals surface area contributed by atoms with Crippen LogP contribution in [0.25, 0.3) is 0 Å². The molecular weight excluding hydrogens is 569 g/mol. The quantitative estimate of drug-likeness (QED) is 0.381. The number of rotatable bonds is 9. The van der Waals surface area contributed by atoms with Gasteiger partial charge in [0.1, 0.15) is 17.2 Å². The summed E-state index contributed by atoms with van der Waals surface area (Å²) in [5.74, 6) is -2.08. The molecule has 10 heteroatoms. The van der Waals surface area contributed by atoms with Crippen molar-refractivity contribution in [3.05, 3.63) is 69.2 Å². The molecular formula is C31H40Cl2F2N4O2. The standard InChI is InChI=1S/C31H40Cl2F2N4O2/c1-37(2)30(41)31(13-15-36-16-14-31)39-17-5-4-6-24(39)10-7-22(21-8-12-26(32)27(33)18-21)20-38(3)29(40)25-11-9-23(34)19-28(25)35/h8-9,11-12,18-19,22,24,36H,4-7,10,13-17,20H2,1-3H3. The van der Waals surface area contributed by atoms with E-state index in [1.165, 1.54) is 11.0 Å². The second-order valence-electron chi connectivity index (χ2n) is 11.6. The Kier molecular flexibility index (Phi) is 10.7. The lowest BCUT2D eigenvalue weighted by Gasteiger charge is -2.51. The zero-order chi connectivity index (χ0) is 29.7. The highest BCUT2D eigenvalue weighted by Crippen LogP contribution is 2.38. The fraction of sp³-hybridized carbons (Fsp3) is 0.548. The van der Waals surface area contributed by atoms with Gasteiger partial charge in [0.05, 0.1) is 15.6 Å². The number of nitrogens with zero attached hydrogens (tertiary/aromatic N) is 3. The maximum absolute atomic E-state index is 14.4. The van der Waals surface area contributed by atoms with Gasteiger partial charge in [-0.2, -0.15) is 0 Å². The zero-order valence-corrected chi connectivity index (χ0v) is 25.6. The van der Waals surface area contributed by atoms with Crippen LogP contribution in [-0.2, 0) is 4.79 Å². The Balaban J connectivity index is 1.58. The number of carbonyl (C=O) groups excluding carboxylic acids is 2. The van der Waals surface area contributed by atoms with Gasteiger partial charge in [0.2, 0.25) is 5.91 Å². The van der Waals surface area contributed by atoms with Gasteiger partial charge in [0, 0.05) is 45.7 Å². The van der Waals surface area contributed by atoms with Gasteiger partial charge < -0.3 is 15.1 Å². The summed E-state index contributed by atoms with van der Waals surface area (Å²) in [6.07, 6.45) is 6.27. The predicted octanol–water partition coefficient (Wildman–Crippen LogP) is 5.97. The Morgan fingerprint density at radius 3 is 2.44 bits per heavy atom. The Labute approximate surface area is 252 Å². The van der Waals surface area contributed by atoms with E-state index < -0.39 is 23.1 Å². The minimum Gasteiger partial charge on any atom is -0.347 e. The van der Waals surface area contributed by atoms with Crippen LogP contribution in [0.1, 0.15) is 66.8 Å². The van der Waals surface area contributed by atoms with Crippen molar-refractivity contribution >= 4 is 35.0 Å². The molecule has 2 atom stereocenters. The molecule has 2 unspecified atom stereocenters. The highest BCUT2D eigenvalue weighted by atomic mass is 35.5. The van der Waals surface area contributed by atoms with Gasteiger partial charge in [0.25, 0.3) is 5.91 Å². The number of nitrogens with one attached hydrogen (secondary N) is 1. The van der Waals surface area contributed by atoms with Gasteiger partial charge in [0.15, 0.2) is 0 Å². The van der Waals surface area contributed by atoms with Crippen molar-refractivity contribution in [2.24, 2.45) is 0 Å². The molecule has 0 aromatic heterocycles. The lowest BCUT2D eigenvalue weighted by Crippen LogP contribution is -2.66. The number of halogens is 4. The Morgan fingerprint density at radius 2 is 1.78 bits per heavy atom. The average Bonchev–Trinajstić information content (AvgIpc) is 2.96. The van der Waals surface area contributed by atoms with Crippen molar-refractivity contribution in [1.82, 2.24) is 20.0 Å². The predicted molar refractivity (Wildman–Crippen MR) is 160 cm³/mol. The average molecular weight is 610 g/mol. The lowest BCUT2D eigenvalue weighted by molar-refractivity contribution is -0.148. The molecule has 4 rings (SSSR count). The fourth-order valence-corrected chi connectivity index (χ4v) is 6.86. The second kappa shape index (κ2) is 13.8. The summed E-state index contributed by atoms with van der Waals surface area (Å²) < 4.78 is 27.9. The molecule has 2 aliphatic rings. The van der Waals surface area contributed by atoms with Crippen LogP contribution in [0.2, 0.25) is 10.0 Å². The molecule has 2 aromatic rings. The number of hydrogen-bond acceptors (Lipinski definition) is 4. The summed E-state index contributed by atoms with van der Waals surface area (Å²) >= 11 is 12.6. The number of piperidine rings is 2. The van der Waals surface area contributed by atoms with Crippen LogP contribution in [0.4, 0.5) is 8.78 Å². The van der Waals surface area contributed by atoms with Gasteiger partial charge in [-0.05, 0) is 88.0 Å². The van der Waals surface area contributed by atoms with Crippen molar-refractivity contribution in [3.8, 4) is 0 Å². The number of hydrogen-bond donors (Lipinski definition) is 1. The molecule has 2 aliphatic heterocycles.